The second-order valence-corrected chi connectivity index (χ2v) is 8.30. The van der Waals surface area contributed by atoms with Gasteiger partial charge in [-0.05, 0) is 43.4 Å². The van der Waals surface area contributed by atoms with Crippen LogP contribution in [0.4, 0.5) is 0 Å². The van der Waals surface area contributed by atoms with E-state index in [9.17, 15) is 9.59 Å². The first kappa shape index (κ1) is 20.2. The van der Waals surface area contributed by atoms with E-state index in [1.807, 2.05) is 42.2 Å². The van der Waals surface area contributed by atoms with Gasteiger partial charge in [0, 0.05) is 25.1 Å². The maximum atomic E-state index is 13.0. The van der Waals surface area contributed by atoms with Gasteiger partial charge in [0.15, 0.2) is 5.58 Å². The molecule has 0 N–H and O–H groups in total. The molecule has 2 aromatic heterocycles. The molecule has 0 spiro atoms. The van der Waals surface area contributed by atoms with Crippen molar-refractivity contribution < 1.29 is 13.7 Å². The van der Waals surface area contributed by atoms with Crippen molar-refractivity contribution in [1.82, 2.24) is 19.6 Å². The molecule has 0 radical (unpaired) electrons. The minimum atomic E-state index is -0.511. The van der Waals surface area contributed by atoms with Crippen molar-refractivity contribution in [2.24, 2.45) is 5.92 Å². The van der Waals surface area contributed by atoms with Gasteiger partial charge in [-0.1, -0.05) is 41.6 Å². The zero-order valence-corrected chi connectivity index (χ0v) is 17.9. The fraction of sp³-hybridized carbons (Fsp3) is 0.333. The maximum absolute atomic E-state index is 13.0. The van der Waals surface area contributed by atoms with E-state index in [2.05, 4.69) is 10.1 Å². The van der Waals surface area contributed by atoms with E-state index in [0.717, 1.165) is 24.0 Å². The average Bonchev–Trinajstić information content (AvgIpc) is 3.38. The van der Waals surface area contributed by atoms with Gasteiger partial charge in [0.25, 0.3) is 0 Å². The summed E-state index contributed by atoms with van der Waals surface area (Å²) in [4.78, 5) is 31.6. The number of aryl methyl sites for hydroxylation is 1. The first-order valence-corrected chi connectivity index (χ1v) is 10.8. The zero-order chi connectivity index (χ0) is 22.1. The van der Waals surface area contributed by atoms with Crippen molar-refractivity contribution in [1.29, 1.82) is 0 Å². The van der Waals surface area contributed by atoms with Crippen molar-refractivity contribution in [3.63, 3.8) is 0 Å². The molecule has 1 aliphatic heterocycles. The second-order valence-electron chi connectivity index (χ2n) is 8.30. The highest BCUT2D eigenvalue weighted by atomic mass is 16.5. The van der Waals surface area contributed by atoms with Gasteiger partial charge in [0.05, 0.1) is 5.52 Å². The minimum absolute atomic E-state index is 0.0272. The fourth-order valence-electron chi connectivity index (χ4n) is 4.38. The molecule has 0 aliphatic carbocycles. The van der Waals surface area contributed by atoms with E-state index >= 15 is 0 Å². The summed E-state index contributed by atoms with van der Waals surface area (Å²) >= 11 is 0. The number of benzene rings is 2. The number of fused-ring (bicyclic) bond motifs is 1. The Morgan fingerprint density at radius 3 is 2.84 bits per heavy atom. The van der Waals surface area contributed by atoms with Crippen LogP contribution >= 0.6 is 0 Å². The quantitative estimate of drug-likeness (QED) is 0.480. The Hall–Kier alpha value is -3.68. The van der Waals surface area contributed by atoms with Crippen molar-refractivity contribution in [3.05, 3.63) is 70.5 Å². The fourth-order valence-corrected chi connectivity index (χ4v) is 4.38. The molecule has 0 bridgehead atoms. The molecule has 164 valence electrons. The van der Waals surface area contributed by atoms with Crippen LogP contribution in [0.2, 0.25) is 0 Å². The van der Waals surface area contributed by atoms with E-state index in [4.69, 9.17) is 8.94 Å². The lowest BCUT2D eigenvalue weighted by Crippen LogP contribution is -2.42. The van der Waals surface area contributed by atoms with Gasteiger partial charge >= 0.3 is 5.76 Å². The second kappa shape index (κ2) is 8.45. The van der Waals surface area contributed by atoms with Crippen LogP contribution in [0.3, 0.4) is 0 Å². The molecule has 1 atom stereocenters. The standard InChI is InChI=1S/C24H24N4O4/c1-16-7-2-3-9-18(16)23-25-21(32-26-23)13-17-8-6-12-27(14-17)22(29)15-28-19-10-4-5-11-20(19)31-24(28)30/h2-5,7,9-11,17H,6,8,12-15H2,1H3/t17-/m0/s1. The van der Waals surface area contributed by atoms with Crippen LogP contribution < -0.4 is 5.76 Å². The molecular weight excluding hydrogens is 408 g/mol. The topological polar surface area (TPSA) is 94.4 Å². The summed E-state index contributed by atoms with van der Waals surface area (Å²) in [5.74, 6) is 0.806. The molecule has 1 fully saturated rings. The van der Waals surface area contributed by atoms with Crippen LogP contribution in [0.15, 0.2) is 62.3 Å². The van der Waals surface area contributed by atoms with Crippen molar-refractivity contribution in [2.75, 3.05) is 13.1 Å². The molecule has 4 aromatic rings. The van der Waals surface area contributed by atoms with E-state index in [1.165, 1.54) is 4.57 Å². The largest absolute Gasteiger partial charge is 0.420 e. The highest BCUT2D eigenvalue weighted by Gasteiger charge is 2.26. The van der Waals surface area contributed by atoms with Gasteiger partial charge in [-0.25, -0.2) is 4.79 Å². The Balaban J connectivity index is 1.26. The number of hydrogen-bond acceptors (Lipinski definition) is 6. The van der Waals surface area contributed by atoms with Crippen LogP contribution in [0, 0.1) is 12.8 Å². The van der Waals surface area contributed by atoms with Crippen molar-refractivity contribution >= 4 is 17.0 Å². The lowest BCUT2D eigenvalue weighted by molar-refractivity contribution is -0.133. The molecule has 1 amide bonds. The lowest BCUT2D eigenvalue weighted by atomic mass is 9.94. The van der Waals surface area contributed by atoms with E-state index in [1.54, 1.807) is 18.2 Å². The number of carbonyl (C=O) groups is 1. The maximum Gasteiger partial charge on any atom is 0.420 e. The summed E-state index contributed by atoms with van der Waals surface area (Å²) in [6.07, 6.45) is 2.51. The van der Waals surface area contributed by atoms with Gasteiger partial charge in [-0.15, -0.1) is 0 Å². The van der Waals surface area contributed by atoms with Crippen LogP contribution in [0.1, 0.15) is 24.3 Å². The van der Waals surface area contributed by atoms with Crippen molar-refractivity contribution in [2.45, 2.75) is 32.7 Å². The third-order valence-electron chi connectivity index (χ3n) is 6.06. The molecule has 5 rings (SSSR count). The molecule has 1 saturated heterocycles. The number of amides is 1. The van der Waals surface area contributed by atoms with Gasteiger partial charge in [0.1, 0.15) is 6.54 Å². The molecule has 8 nitrogen and oxygen atoms in total. The lowest BCUT2D eigenvalue weighted by Gasteiger charge is -2.32. The SMILES string of the molecule is Cc1ccccc1-c1noc(C[C@@H]2CCCN(C(=O)Cn3c(=O)oc4ccccc43)C2)n1. The minimum Gasteiger partial charge on any atom is -0.408 e. The van der Waals surface area contributed by atoms with Crippen LogP contribution in [0.25, 0.3) is 22.5 Å². The Bertz CT molecular complexity index is 1320. The summed E-state index contributed by atoms with van der Waals surface area (Å²) in [7, 11) is 0. The predicted molar refractivity (Wildman–Crippen MR) is 118 cm³/mol. The third-order valence-corrected chi connectivity index (χ3v) is 6.06. The number of para-hydroxylation sites is 2. The monoisotopic (exact) mass is 432 g/mol. The van der Waals surface area contributed by atoms with E-state index < -0.39 is 5.76 Å². The van der Waals surface area contributed by atoms with Gasteiger partial charge in [-0.3, -0.25) is 9.36 Å². The predicted octanol–water partition coefficient (Wildman–Crippen LogP) is 3.43. The highest BCUT2D eigenvalue weighted by Crippen LogP contribution is 2.24. The normalized spacial score (nSPS) is 16.5. The third kappa shape index (κ3) is 3.95. The molecule has 8 heteroatoms. The zero-order valence-electron chi connectivity index (χ0n) is 17.9. The number of carbonyl (C=O) groups excluding carboxylic acids is 1. The molecule has 32 heavy (non-hydrogen) atoms. The van der Waals surface area contributed by atoms with Gasteiger partial charge < -0.3 is 13.8 Å². The molecule has 1 aliphatic rings. The molecule has 3 heterocycles. The summed E-state index contributed by atoms with van der Waals surface area (Å²) < 4.78 is 12.1. The summed E-state index contributed by atoms with van der Waals surface area (Å²) in [6.45, 7) is 3.27. The smallest absolute Gasteiger partial charge is 0.408 e. The number of hydrogen-bond donors (Lipinski definition) is 0. The van der Waals surface area contributed by atoms with Crippen molar-refractivity contribution in [3.8, 4) is 11.4 Å². The van der Waals surface area contributed by atoms with E-state index in [-0.39, 0.29) is 18.4 Å². The number of aromatic nitrogens is 3. The Morgan fingerprint density at radius 1 is 1.16 bits per heavy atom. The molecule has 2 aromatic carbocycles. The number of rotatable bonds is 5. The highest BCUT2D eigenvalue weighted by molar-refractivity contribution is 5.79. The summed E-state index contributed by atoms with van der Waals surface area (Å²) in [6, 6.07) is 15.1. The first-order valence-electron chi connectivity index (χ1n) is 10.8. The number of piperidine rings is 1. The number of oxazole rings is 1. The van der Waals surface area contributed by atoms with Crippen LogP contribution in [-0.4, -0.2) is 38.6 Å². The molecule has 0 unspecified atom stereocenters. The Morgan fingerprint density at radius 2 is 1.97 bits per heavy atom. The Kier molecular flexibility index (Phi) is 5.34. The average molecular weight is 432 g/mol. The number of likely N-dealkylation sites (tertiary alicyclic amines) is 1. The molecule has 0 saturated carbocycles. The molecular formula is C24H24N4O4. The van der Waals surface area contributed by atoms with Gasteiger partial charge in [-0.2, -0.15) is 4.98 Å². The van der Waals surface area contributed by atoms with Crippen LogP contribution in [0.5, 0.6) is 0 Å². The summed E-state index contributed by atoms with van der Waals surface area (Å²) in [5, 5.41) is 4.14. The number of nitrogens with zero attached hydrogens (tertiary/aromatic N) is 4. The van der Waals surface area contributed by atoms with E-state index in [0.29, 0.717) is 42.3 Å². The van der Waals surface area contributed by atoms with Gasteiger partial charge in [0.2, 0.25) is 17.6 Å². The summed E-state index contributed by atoms with van der Waals surface area (Å²) in [5.41, 5.74) is 3.17. The first-order chi connectivity index (χ1) is 15.6. The van der Waals surface area contributed by atoms with Crippen LogP contribution in [-0.2, 0) is 17.8 Å². The Labute approximate surface area is 184 Å².